The third kappa shape index (κ3) is 5.22. The average Bonchev–Trinajstić information content (AvgIpc) is 3.25. The number of rotatable bonds is 8. The van der Waals surface area contributed by atoms with Gasteiger partial charge in [-0.3, -0.25) is 14.1 Å². The van der Waals surface area contributed by atoms with E-state index in [2.05, 4.69) is 19.7 Å². The van der Waals surface area contributed by atoms with E-state index >= 15 is 0 Å². The van der Waals surface area contributed by atoms with Gasteiger partial charge < -0.3 is 15.2 Å². The van der Waals surface area contributed by atoms with E-state index in [1.165, 1.54) is 19.2 Å². The van der Waals surface area contributed by atoms with E-state index in [0.717, 1.165) is 11.9 Å². The largest absolute Gasteiger partial charge is 0.496 e. The van der Waals surface area contributed by atoms with Gasteiger partial charge in [0, 0.05) is 24.1 Å². The highest BCUT2D eigenvalue weighted by atomic mass is 32.2. The van der Waals surface area contributed by atoms with Crippen molar-refractivity contribution in [2.24, 2.45) is 5.73 Å². The molecule has 0 aliphatic carbocycles. The first-order chi connectivity index (χ1) is 16.7. The summed E-state index contributed by atoms with van der Waals surface area (Å²) in [6.45, 7) is 3.61. The maximum absolute atomic E-state index is 12.8. The third-order valence-electron chi connectivity index (χ3n) is 4.95. The number of nitrogens with one attached hydrogen (secondary N) is 1. The van der Waals surface area contributed by atoms with Gasteiger partial charge in [-0.1, -0.05) is 0 Å². The van der Waals surface area contributed by atoms with Crippen LogP contribution in [-0.2, 0) is 10.0 Å². The number of aryl methyl sites for hydroxylation is 2. The fourth-order valence-corrected chi connectivity index (χ4v) is 4.38. The van der Waals surface area contributed by atoms with E-state index in [4.69, 9.17) is 15.2 Å². The van der Waals surface area contributed by atoms with Crippen LogP contribution in [0.3, 0.4) is 0 Å². The Balaban J connectivity index is 1.52. The Morgan fingerprint density at radius 2 is 1.80 bits per heavy atom. The van der Waals surface area contributed by atoms with Crippen LogP contribution in [0.2, 0.25) is 0 Å². The van der Waals surface area contributed by atoms with Crippen molar-refractivity contribution in [2.75, 3.05) is 11.8 Å². The van der Waals surface area contributed by atoms with Crippen LogP contribution < -0.4 is 19.9 Å². The SMILES string of the molecule is COc1ccc(S(=O)(=O)Nc2ccc(Oc3cc(-n4ccnc4C)nc(C)n3)cc2)cc1C(N)=O. The van der Waals surface area contributed by atoms with Crippen LogP contribution >= 0.6 is 0 Å². The van der Waals surface area contributed by atoms with Gasteiger partial charge in [0.2, 0.25) is 5.88 Å². The normalized spacial score (nSPS) is 11.2. The summed E-state index contributed by atoms with van der Waals surface area (Å²) < 4.78 is 40.8. The van der Waals surface area contributed by atoms with Gasteiger partial charge in [0.05, 0.1) is 17.6 Å². The number of hydrogen-bond donors (Lipinski definition) is 2. The Morgan fingerprint density at radius 1 is 1.06 bits per heavy atom. The molecule has 0 spiro atoms. The van der Waals surface area contributed by atoms with E-state index in [0.29, 0.717) is 29.0 Å². The van der Waals surface area contributed by atoms with Gasteiger partial charge in [0.25, 0.3) is 15.9 Å². The standard InChI is InChI=1S/C23H22N6O5S/c1-14-26-21(29-11-10-25-15(29)2)13-22(27-14)34-17-6-4-16(5-7-17)28-35(31,32)18-8-9-20(33-3)19(12-18)23(24)30/h4-13,28H,1-3H3,(H2,24,30). The molecular formula is C23H22N6O5S. The quantitative estimate of drug-likeness (QED) is 0.379. The number of anilines is 1. The topological polar surface area (TPSA) is 151 Å². The monoisotopic (exact) mass is 494 g/mol. The Hall–Kier alpha value is -4.45. The van der Waals surface area contributed by atoms with Crippen molar-refractivity contribution in [3.63, 3.8) is 0 Å². The number of carbonyl (C=O) groups excluding carboxylic acids is 1. The van der Waals surface area contributed by atoms with Crippen molar-refractivity contribution in [2.45, 2.75) is 18.7 Å². The minimum absolute atomic E-state index is 0.0375. The number of sulfonamides is 1. The first kappa shape index (κ1) is 23.7. The predicted molar refractivity (Wildman–Crippen MR) is 127 cm³/mol. The maximum atomic E-state index is 12.8. The molecule has 0 atom stereocenters. The molecule has 0 saturated carbocycles. The highest BCUT2D eigenvalue weighted by Crippen LogP contribution is 2.26. The zero-order chi connectivity index (χ0) is 25.2. The number of aromatic nitrogens is 4. The Morgan fingerprint density at radius 3 is 2.43 bits per heavy atom. The third-order valence-corrected chi connectivity index (χ3v) is 6.33. The van der Waals surface area contributed by atoms with E-state index in [1.807, 2.05) is 11.5 Å². The fourth-order valence-electron chi connectivity index (χ4n) is 3.29. The number of nitrogens with two attached hydrogens (primary N) is 1. The lowest BCUT2D eigenvalue weighted by Gasteiger charge is -2.12. The van der Waals surface area contributed by atoms with Gasteiger partial charge in [-0.15, -0.1) is 0 Å². The Kier molecular flexibility index (Phi) is 6.38. The van der Waals surface area contributed by atoms with Gasteiger partial charge in [-0.2, -0.15) is 4.98 Å². The smallest absolute Gasteiger partial charge is 0.261 e. The van der Waals surface area contributed by atoms with Crippen LogP contribution in [0.1, 0.15) is 22.0 Å². The second-order valence-corrected chi connectivity index (χ2v) is 9.10. The van der Waals surface area contributed by atoms with E-state index < -0.39 is 15.9 Å². The van der Waals surface area contributed by atoms with Crippen molar-refractivity contribution in [1.82, 2.24) is 19.5 Å². The summed E-state index contributed by atoms with van der Waals surface area (Å²) in [6.07, 6.45) is 3.46. The number of carbonyl (C=O) groups is 1. The van der Waals surface area contributed by atoms with Crippen LogP contribution in [0.15, 0.2) is 65.8 Å². The molecule has 0 fully saturated rings. The number of hydrogen-bond acceptors (Lipinski definition) is 8. The Bertz CT molecular complexity index is 1500. The summed E-state index contributed by atoms with van der Waals surface area (Å²) in [4.78, 5) is 24.4. The number of imidazole rings is 1. The zero-order valence-electron chi connectivity index (χ0n) is 19.1. The number of nitrogens with zero attached hydrogens (tertiary/aromatic N) is 4. The van der Waals surface area contributed by atoms with E-state index in [9.17, 15) is 13.2 Å². The highest BCUT2D eigenvalue weighted by Gasteiger charge is 2.19. The number of ether oxygens (including phenoxy) is 2. The molecule has 3 N–H and O–H groups in total. The zero-order valence-corrected chi connectivity index (χ0v) is 19.9. The lowest BCUT2D eigenvalue weighted by Crippen LogP contribution is -2.16. The average molecular weight is 495 g/mol. The van der Waals surface area contributed by atoms with E-state index in [-0.39, 0.29) is 16.2 Å². The van der Waals surface area contributed by atoms with Gasteiger partial charge in [-0.25, -0.2) is 18.4 Å². The van der Waals surface area contributed by atoms with Crippen LogP contribution in [0, 0.1) is 13.8 Å². The molecule has 0 aliphatic rings. The van der Waals surface area contributed by atoms with E-state index in [1.54, 1.807) is 49.6 Å². The van der Waals surface area contributed by atoms with Crippen LogP contribution in [0.4, 0.5) is 5.69 Å². The number of primary amides is 1. The molecule has 12 heteroatoms. The van der Waals surface area contributed by atoms with Crippen LogP contribution in [0.5, 0.6) is 17.4 Å². The molecule has 0 bridgehead atoms. The summed E-state index contributed by atoms with van der Waals surface area (Å²) in [7, 11) is -2.63. The molecule has 4 aromatic rings. The fraction of sp³-hybridized carbons (Fsp3) is 0.130. The van der Waals surface area contributed by atoms with Crippen molar-refractivity contribution < 1.29 is 22.7 Å². The van der Waals surface area contributed by atoms with Crippen molar-refractivity contribution in [1.29, 1.82) is 0 Å². The molecule has 0 aliphatic heterocycles. The molecule has 2 aromatic heterocycles. The highest BCUT2D eigenvalue weighted by molar-refractivity contribution is 7.92. The van der Waals surface area contributed by atoms with Crippen molar-refractivity contribution in [3.05, 3.63) is 78.1 Å². The Labute approximate surface area is 201 Å². The summed E-state index contributed by atoms with van der Waals surface area (Å²) in [6, 6.07) is 11.8. The molecule has 2 heterocycles. The maximum Gasteiger partial charge on any atom is 0.261 e. The minimum atomic E-state index is -3.99. The predicted octanol–water partition coefficient (Wildman–Crippen LogP) is 2.98. The molecule has 180 valence electrons. The lowest BCUT2D eigenvalue weighted by atomic mass is 10.2. The lowest BCUT2D eigenvalue weighted by molar-refractivity contribution is 0.0997. The van der Waals surface area contributed by atoms with Gasteiger partial charge in [0.1, 0.15) is 29.0 Å². The van der Waals surface area contributed by atoms with Crippen LogP contribution in [0.25, 0.3) is 5.82 Å². The second kappa shape index (κ2) is 9.43. The number of amides is 1. The van der Waals surface area contributed by atoms with Gasteiger partial charge >= 0.3 is 0 Å². The molecule has 4 rings (SSSR count). The molecule has 11 nitrogen and oxygen atoms in total. The molecule has 35 heavy (non-hydrogen) atoms. The summed E-state index contributed by atoms with van der Waals surface area (Å²) >= 11 is 0. The van der Waals surface area contributed by atoms with Gasteiger partial charge in [-0.05, 0) is 56.3 Å². The molecule has 0 saturated heterocycles. The molecule has 1 amide bonds. The van der Waals surface area contributed by atoms with Crippen molar-refractivity contribution >= 4 is 21.6 Å². The molecular weight excluding hydrogens is 472 g/mol. The minimum Gasteiger partial charge on any atom is -0.496 e. The summed E-state index contributed by atoms with van der Waals surface area (Å²) in [5.74, 6) is 2.05. The van der Waals surface area contributed by atoms with Crippen LogP contribution in [-0.4, -0.2) is 41.0 Å². The first-order valence-corrected chi connectivity index (χ1v) is 11.8. The number of benzene rings is 2. The molecule has 0 radical (unpaired) electrons. The molecule has 0 unspecified atom stereocenters. The number of methoxy groups -OCH3 is 1. The second-order valence-electron chi connectivity index (χ2n) is 7.41. The summed E-state index contributed by atoms with van der Waals surface area (Å²) in [5, 5.41) is 0. The summed E-state index contributed by atoms with van der Waals surface area (Å²) in [5.41, 5.74) is 5.58. The van der Waals surface area contributed by atoms with Gasteiger partial charge in [0.15, 0.2) is 0 Å². The first-order valence-electron chi connectivity index (χ1n) is 10.3. The molecule has 2 aromatic carbocycles. The van der Waals surface area contributed by atoms with Crippen molar-refractivity contribution in [3.8, 4) is 23.2 Å².